The minimum atomic E-state index is -0.782. The zero-order valence-electron chi connectivity index (χ0n) is 29.0. The Labute approximate surface area is 308 Å². The first-order valence-corrected chi connectivity index (χ1v) is 18.8. The van der Waals surface area contributed by atoms with Crippen molar-refractivity contribution in [2.45, 2.75) is 81.8 Å². The average Bonchev–Trinajstić information content (AvgIpc) is 3.63. The van der Waals surface area contributed by atoms with Crippen molar-refractivity contribution in [2.24, 2.45) is 0 Å². The summed E-state index contributed by atoms with van der Waals surface area (Å²) < 4.78 is 19.5. The quantitative estimate of drug-likeness (QED) is 0.0637. The van der Waals surface area contributed by atoms with Crippen LogP contribution < -0.4 is 5.32 Å². The molecule has 3 atom stereocenters. The standard InChI is InChI=1S/C42H44N2O7S/c45-27-30-19-21-31(22-20-30)36-25-35(28-52-42-44-39(32-11-5-3-6-12-32)40(51-42)33-13-7-4-8-14-33)49-41(50-36)34-23-17-29(18-24-34)26-43-37(46)15-9-1-2-10-16-38(47)48/h3-8,11-14,17-24,35-36,41,45H,1-2,9-10,15-16,25-28H2,(H,43,46)(H,47,48)/t35-,36+,41+/m1/s1. The first-order valence-electron chi connectivity index (χ1n) is 17.8. The van der Waals surface area contributed by atoms with Gasteiger partial charge in [-0.05, 0) is 29.5 Å². The average molecular weight is 721 g/mol. The Balaban J connectivity index is 1.11. The molecule has 0 spiro atoms. The van der Waals surface area contributed by atoms with Gasteiger partial charge in [-0.2, -0.15) is 0 Å². The second-order valence-electron chi connectivity index (χ2n) is 12.9. The summed E-state index contributed by atoms with van der Waals surface area (Å²) in [6.45, 7) is 0.389. The Hall–Kier alpha value is -4.74. The van der Waals surface area contributed by atoms with Crippen LogP contribution in [0.3, 0.4) is 0 Å². The minimum Gasteiger partial charge on any atom is -0.481 e. The number of rotatable bonds is 17. The van der Waals surface area contributed by atoms with Gasteiger partial charge in [0.15, 0.2) is 12.1 Å². The summed E-state index contributed by atoms with van der Waals surface area (Å²) in [6, 6.07) is 35.8. The smallest absolute Gasteiger partial charge is 0.303 e. The number of benzene rings is 4. The van der Waals surface area contributed by atoms with Crippen molar-refractivity contribution in [1.29, 1.82) is 0 Å². The third kappa shape index (κ3) is 10.4. The van der Waals surface area contributed by atoms with Gasteiger partial charge in [0.1, 0.15) is 5.69 Å². The monoisotopic (exact) mass is 720 g/mol. The Kier molecular flexibility index (Phi) is 13.3. The van der Waals surface area contributed by atoms with Gasteiger partial charge in [-0.15, -0.1) is 0 Å². The first-order chi connectivity index (χ1) is 25.4. The number of aliphatic carboxylic acids is 1. The van der Waals surface area contributed by atoms with E-state index in [0.717, 1.165) is 64.1 Å². The second-order valence-corrected chi connectivity index (χ2v) is 13.8. The molecule has 5 aromatic rings. The summed E-state index contributed by atoms with van der Waals surface area (Å²) in [6.07, 6.45) is 3.22. The van der Waals surface area contributed by atoms with Gasteiger partial charge in [0, 0.05) is 48.3 Å². The number of hydrogen-bond acceptors (Lipinski definition) is 8. The molecule has 52 heavy (non-hydrogen) atoms. The van der Waals surface area contributed by atoms with Crippen LogP contribution in [0.1, 0.15) is 79.6 Å². The van der Waals surface area contributed by atoms with Crippen LogP contribution in [0.4, 0.5) is 0 Å². The topological polar surface area (TPSA) is 131 Å². The fourth-order valence-electron chi connectivity index (χ4n) is 6.12. The van der Waals surface area contributed by atoms with Gasteiger partial charge in [-0.25, -0.2) is 4.98 Å². The number of hydrogen-bond donors (Lipinski definition) is 3. The van der Waals surface area contributed by atoms with Crippen molar-refractivity contribution < 1.29 is 33.7 Å². The van der Waals surface area contributed by atoms with Crippen molar-refractivity contribution in [2.75, 3.05) is 5.75 Å². The fraction of sp³-hybridized carbons (Fsp3) is 0.310. The van der Waals surface area contributed by atoms with E-state index in [-0.39, 0.29) is 31.1 Å². The number of oxazole rings is 1. The highest BCUT2D eigenvalue weighted by atomic mass is 32.2. The van der Waals surface area contributed by atoms with E-state index in [9.17, 15) is 14.7 Å². The summed E-state index contributed by atoms with van der Waals surface area (Å²) >= 11 is 1.52. The summed E-state index contributed by atoms with van der Waals surface area (Å²) in [5.74, 6) is 0.522. The predicted octanol–water partition coefficient (Wildman–Crippen LogP) is 8.88. The summed E-state index contributed by atoms with van der Waals surface area (Å²) in [5.41, 5.74) is 6.43. The van der Waals surface area contributed by atoms with Gasteiger partial charge in [0.2, 0.25) is 5.91 Å². The molecule has 270 valence electrons. The number of carboxylic acid groups (broad SMARTS) is 1. The van der Waals surface area contributed by atoms with Crippen molar-refractivity contribution in [3.8, 4) is 22.6 Å². The Morgan fingerprint density at radius 1 is 0.750 bits per heavy atom. The highest BCUT2D eigenvalue weighted by molar-refractivity contribution is 7.99. The van der Waals surface area contributed by atoms with E-state index in [4.69, 9.17) is 24.0 Å². The molecule has 0 radical (unpaired) electrons. The van der Waals surface area contributed by atoms with Crippen LogP contribution in [0.15, 0.2) is 119 Å². The van der Waals surface area contributed by atoms with Crippen molar-refractivity contribution >= 4 is 23.6 Å². The summed E-state index contributed by atoms with van der Waals surface area (Å²) in [5, 5.41) is 21.9. The molecule has 1 aliphatic heterocycles. The molecule has 0 saturated carbocycles. The molecule has 3 N–H and O–H groups in total. The Morgan fingerprint density at radius 3 is 2.06 bits per heavy atom. The molecule has 2 heterocycles. The van der Waals surface area contributed by atoms with Gasteiger partial charge in [0.25, 0.3) is 5.22 Å². The predicted molar refractivity (Wildman–Crippen MR) is 200 cm³/mol. The van der Waals surface area contributed by atoms with Crippen LogP contribution in [0.5, 0.6) is 0 Å². The van der Waals surface area contributed by atoms with E-state index < -0.39 is 12.3 Å². The van der Waals surface area contributed by atoms with Crippen LogP contribution in [-0.2, 0) is 32.2 Å². The lowest BCUT2D eigenvalue weighted by molar-refractivity contribution is -0.245. The molecule has 1 saturated heterocycles. The number of aliphatic hydroxyl groups is 1. The van der Waals surface area contributed by atoms with E-state index in [0.29, 0.717) is 36.8 Å². The molecule has 1 aliphatic rings. The Morgan fingerprint density at radius 2 is 1.38 bits per heavy atom. The third-order valence-electron chi connectivity index (χ3n) is 8.98. The number of nitrogens with zero attached hydrogens (tertiary/aromatic N) is 1. The molecular weight excluding hydrogens is 677 g/mol. The largest absolute Gasteiger partial charge is 0.481 e. The van der Waals surface area contributed by atoms with Gasteiger partial charge < -0.3 is 29.4 Å². The Bertz CT molecular complexity index is 1810. The van der Waals surface area contributed by atoms with Crippen molar-refractivity contribution in [1.82, 2.24) is 10.3 Å². The van der Waals surface area contributed by atoms with Crippen molar-refractivity contribution in [3.63, 3.8) is 0 Å². The van der Waals surface area contributed by atoms with Crippen molar-refractivity contribution in [3.05, 3.63) is 131 Å². The molecule has 0 unspecified atom stereocenters. The van der Waals surface area contributed by atoms with E-state index in [1.165, 1.54) is 11.8 Å². The zero-order valence-corrected chi connectivity index (χ0v) is 29.8. The maximum Gasteiger partial charge on any atom is 0.303 e. The molecule has 9 nitrogen and oxygen atoms in total. The highest BCUT2D eigenvalue weighted by Crippen LogP contribution is 2.41. The molecule has 1 fully saturated rings. The maximum atomic E-state index is 12.4. The summed E-state index contributed by atoms with van der Waals surface area (Å²) in [7, 11) is 0. The molecule has 4 aromatic carbocycles. The number of aliphatic hydroxyl groups excluding tert-OH is 1. The number of carboxylic acids is 1. The third-order valence-corrected chi connectivity index (χ3v) is 9.94. The second kappa shape index (κ2) is 18.7. The van der Waals surface area contributed by atoms with Crippen LogP contribution >= 0.6 is 11.8 Å². The van der Waals surface area contributed by atoms with Gasteiger partial charge >= 0.3 is 5.97 Å². The number of carbonyl (C=O) groups excluding carboxylic acids is 1. The minimum absolute atomic E-state index is 0.0190. The number of nitrogens with one attached hydrogen (secondary N) is 1. The molecule has 0 aliphatic carbocycles. The summed E-state index contributed by atoms with van der Waals surface area (Å²) in [4.78, 5) is 27.9. The van der Waals surface area contributed by atoms with Crippen LogP contribution in [0.2, 0.25) is 0 Å². The highest BCUT2D eigenvalue weighted by Gasteiger charge is 2.33. The van der Waals surface area contributed by atoms with Gasteiger partial charge in [-0.1, -0.05) is 134 Å². The van der Waals surface area contributed by atoms with Gasteiger partial charge in [-0.3, -0.25) is 9.59 Å². The molecule has 1 aromatic heterocycles. The number of carbonyl (C=O) groups is 2. The molecule has 1 amide bonds. The van der Waals surface area contributed by atoms with Gasteiger partial charge in [0.05, 0.1) is 18.8 Å². The van der Waals surface area contributed by atoms with E-state index in [1.54, 1.807) is 0 Å². The number of unbranched alkanes of at least 4 members (excludes halogenated alkanes) is 3. The number of amides is 1. The molecule has 0 bridgehead atoms. The molecular formula is C42H44N2O7S. The van der Waals surface area contributed by atoms with E-state index >= 15 is 0 Å². The normalized spacial score (nSPS) is 17.1. The number of aromatic nitrogens is 1. The lowest BCUT2D eigenvalue weighted by Gasteiger charge is -2.36. The SMILES string of the molecule is O=C(O)CCCCCCC(=O)NCc1ccc([C@H]2O[C@@H](CSc3nc(-c4ccccc4)c(-c4ccccc4)o3)C[C@@H](c3ccc(CO)cc3)O2)cc1. The molecule has 10 heteroatoms. The first kappa shape index (κ1) is 37.0. The lowest BCUT2D eigenvalue weighted by atomic mass is 10.0. The van der Waals surface area contributed by atoms with Crippen LogP contribution in [-0.4, -0.2) is 38.9 Å². The maximum absolute atomic E-state index is 12.4. The van der Waals surface area contributed by atoms with Crippen LogP contribution in [0.25, 0.3) is 22.6 Å². The lowest BCUT2D eigenvalue weighted by Crippen LogP contribution is -2.31. The van der Waals surface area contributed by atoms with E-state index in [1.807, 2.05) is 109 Å². The number of thioether (sulfide) groups is 1. The van der Waals surface area contributed by atoms with Crippen LogP contribution in [0, 0.1) is 0 Å². The zero-order chi connectivity index (χ0) is 36.1. The molecule has 6 rings (SSSR count). The van der Waals surface area contributed by atoms with E-state index in [2.05, 4.69) is 5.32 Å². The number of ether oxygens (including phenoxy) is 2. The fourth-order valence-corrected chi connectivity index (χ4v) is 6.96.